The van der Waals surface area contributed by atoms with Gasteiger partial charge in [-0.15, -0.1) is 0 Å². The van der Waals surface area contributed by atoms with Crippen LogP contribution in [0.4, 0.5) is 0 Å². The number of carboxylic acid groups (broad SMARTS) is 1. The topological polar surface area (TPSA) is 66.8 Å². The Labute approximate surface area is 148 Å². The van der Waals surface area contributed by atoms with Crippen LogP contribution < -0.4 is 0 Å². The van der Waals surface area contributed by atoms with Crippen LogP contribution in [0.2, 0.25) is 5.02 Å². The lowest BCUT2D eigenvalue weighted by molar-refractivity contribution is -0.143. The lowest BCUT2D eigenvalue weighted by Crippen LogP contribution is -2.40. The molecule has 134 valence electrons. The van der Waals surface area contributed by atoms with Crippen LogP contribution in [0, 0.1) is 5.92 Å². The molecule has 1 N–H and O–H groups in total. The maximum atomic E-state index is 12.8. The molecule has 0 saturated heterocycles. The highest BCUT2D eigenvalue weighted by Crippen LogP contribution is 2.22. The molecular weight excluding hydrogens is 330 g/mol. The minimum Gasteiger partial charge on any atom is -0.481 e. The van der Waals surface area contributed by atoms with Gasteiger partial charge in [0, 0.05) is 31.3 Å². The van der Waals surface area contributed by atoms with Crippen molar-refractivity contribution in [1.29, 1.82) is 0 Å². The van der Waals surface area contributed by atoms with Crippen LogP contribution >= 0.6 is 11.6 Å². The Morgan fingerprint density at radius 1 is 1.33 bits per heavy atom. The van der Waals surface area contributed by atoms with Gasteiger partial charge in [-0.05, 0) is 38.0 Å². The zero-order chi connectivity index (χ0) is 18.1. The maximum Gasteiger partial charge on any atom is 0.308 e. The third kappa shape index (κ3) is 6.49. The lowest BCUT2D eigenvalue weighted by Gasteiger charge is -2.27. The quantitative estimate of drug-likeness (QED) is 0.653. The summed E-state index contributed by atoms with van der Waals surface area (Å²) in [6, 6.07) is 7.19. The molecule has 0 fully saturated rings. The number of halogens is 1. The van der Waals surface area contributed by atoms with E-state index in [-0.39, 0.29) is 18.4 Å². The molecule has 0 aliphatic heterocycles. The Morgan fingerprint density at radius 2 is 2.04 bits per heavy atom. The van der Waals surface area contributed by atoms with E-state index in [1.165, 1.54) is 0 Å². The van der Waals surface area contributed by atoms with Gasteiger partial charge in [-0.1, -0.05) is 30.7 Å². The summed E-state index contributed by atoms with van der Waals surface area (Å²) < 4.78 is 5.31. The van der Waals surface area contributed by atoms with Crippen LogP contribution in [0.25, 0.3) is 0 Å². The van der Waals surface area contributed by atoms with E-state index in [0.29, 0.717) is 31.2 Å². The zero-order valence-electron chi connectivity index (χ0n) is 14.5. The van der Waals surface area contributed by atoms with E-state index in [1.54, 1.807) is 30.0 Å². The zero-order valence-corrected chi connectivity index (χ0v) is 15.3. The fourth-order valence-electron chi connectivity index (χ4n) is 2.39. The monoisotopic (exact) mass is 355 g/mol. The number of amides is 1. The molecule has 0 bridgehead atoms. The van der Waals surface area contributed by atoms with Crippen LogP contribution in [0.1, 0.15) is 38.7 Å². The third-order valence-electron chi connectivity index (χ3n) is 3.87. The highest BCUT2D eigenvalue weighted by molar-refractivity contribution is 6.30. The number of hydrogen-bond acceptors (Lipinski definition) is 3. The normalized spacial score (nSPS) is 13.3. The van der Waals surface area contributed by atoms with Crippen LogP contribution in [0.3, 0.4) is 0 Å². The molecule has 1 rings (SSSR count). The second-order valence-corrected chi connectivity index (χ2v) is 6.29. The first-order chi connectivity index (χ1) is 11.4. The molecule has 6 heteroatoms. The van der Waals surface area contributed by atoms with Gasteiger partial charge in [-0.2, -0.15) is 0 Å². The first-order valence-electron chi connectivity index (χ1n) is 8.21. The Hall–Kier alpha value is -1.59. The summed E-state index contributed by atoms with van der Waals surface area (Å²) in [7, 11) is 0. The van der Waals surface area contributed by atoms with Crippen molar-refractivity contribution >= 4 is 23.5 Å². The highest BCUT2D eigenvalue weighted by Gasteiger charge is 2.25. The summed E-state index contributed by atoms with van der Waals surface area (Å²) in [6.07, 6.45) is 0.675. The first-order valence-corrected chi connectivity index (χ1v) is 8.59. The third-order valence-corrected chi connectivity index (χ3v) is 4.10. The number of benzene rings is 1. The Bertz CT molecular complexity index is 550. The first kappa shape index (κ1) is 20.5. The van der Waals surface area contributed by atoms with Crippen LogP contribution in [0.5, 0.6) is 0 Å². The Morgan fingerprint density at radius 3 is 2.62 bits per heavy atom. The molecule has 2 atom stereocenters. The van der Waals surface area contributed by atoms with Crippen LogP contribution in [-0.2, 0) is 14.3 Å². The molecule has 5 nitrogen and oxygen atoms in total. The lowest BCUT2D eigenvalue weighted by atomic mass is 9.99. The highest BCUT2D eigenvalue weighted by atomic mass is 35.5. The van der Waals surface area contributed by atoms with Gasteiger partial charge in [0.15, 0.2) is 0 Å². The van der Waals surface area contributed by atoms with Gasteiger partial charge in [0.2, 0.25) is 5.91 Å². The Kier molecular flexibility index (Phi) is 8.79. The largest absolute Gasteiger partial charge is 0.481 e. The van der Waals surface area contributed by atoms with Crippen molar-refractivity contribution < 1.29 is 19.4 Å². The molecule has 24 heavy (non-hydrogen) atoms. The van der Waals surface area contributed by atoms with Crippen molar-refractivity contribution in [3.8, 4) is 0 Å². The molecule has 0 aromatic heterocycles. The molecule has 0 radical (unpaired) electrons. The van der Waals surface area contributed by atoms with E-state index >= 15 is 0 Å². The molecule has 2 unspecified atom stereocenters. The van der Waals surface area contributed by atoms with Crippen molar-refractivity contribution in [1.82, 2.24) is 4.90 Å². The van der Waals surface area contributed by atoms with Crippen molar-refractivity contribution in [3.05, 3.63) is 34.9 Å². The van der Waals surface area contributed by atoms with Crippen molar-refractivity contribution in [2.75, 3.05) is 26.3 Å². The van der Waals surface area contributed by atoms with Gasteiger partial charge in [0.25, 0.3) is 0 Å². The second-order valence-electron chi connectivity index (χ2n) is 5.85. The predicted octanol–water partition coefficient (Wildman–Crippen LogP) is 3.42. The maximum absolute atomic E-state index is 12.8. The standard InChI is InChI=1S/C18H26ClNO4/c1-4-24-10-6-9-20(12-13(2)18(22)23)17(21)14(3)15-7-5-8-16(19)11-15/h5,7-8,11,13-14H,4,6,9-10,12H2,1-3H3,(H,22,23). The summed E-state index contributed by atoms with van der Waals surface area (Å²) in [5.74, 6) is -2.00. The van der Waals surface area contributed by atoms with Crippen molar-refractivity contribution in [2.45, 2.75) is 33.1 Å². The summed E-state index contributed by atoms with van der Waals surface area (Å²) in [5.41, 5.74) is 0.824. The van der Waals surface area contributed by atoms with Gasteiger partial charge in [0.1, 0.15) is 0 Å². The average Bonchev–Trinajstić information content (AvgIpc) is 2.56. The smallest absolute Gasteiger partial charge is 0.308 e. The molecule has 0 saturated carbocycles. The number of ether oxygens (including phenoxy) is 1. The summed E-state index contributed by atoms with van der Waals surface area (Å²) in [5, 5.41) is 9.71. The number of rotatable bonds is 10. The second kappa shape index (κ2) is 10.3. The van der Waals surface area contributed by atoms with E-state index in [4.69, 9.17) is 21.4 Å². The van der Waals surface area contributed by atoms with E-state index < -0.39 is 11.9 Å². The molecule has 1 aromatic rings. The molecular formula is C18H26ClNO4. The summed E-state index contributed by atoms with van der Waals surface area (Å²) >= 11 is 6.00. The van der Waals surface area contributed by atoms with E-state index in [1.807, 2.05) is 19.9 Å². The van der Waals surface area contributed by atoms with Crippen LogP contribution in [0.15, 0.2) is 24.3 Å². The summed E-state index contributed by atoms with van der Waals surface area (Å²) in [4.78, 5) is 25.6. The van der Waals surface area contributed by atoms with Crippen molar-refractivity contribution in [3.63, 3.8) is 0 Å². The number of carbonyl (C=O) groups is 2. The van der Waals surface area contributed by atoms with Gasteiger partial charge in [-0.3, -0.25) is 9.59 Å². The number of carboxylic acids is 1. The van der Waals surface area contributed by atoms with Crippen molar-refractivity contribution in [2.24, 2.45) is 5.92 Å². The molecule has 0 spiro atoms. The number of nitrogens with zero attached hydrogens (tertiary/aromatic N) is 1. The predicted molar refractivity (Wildman–Crippen MR) is 94.4 cm³/mol. The minimum atomic E-state index is -0.909. The Balaban J connectivity index is 2.82. The molecule has 0 heterocycles. The van der Waals surface area contributed by atoms with E-state index in [9.17, 15) is 9.59 Å². The van der Waals surface area contributed by atoms with Crippen LogP contribution in [-0.4, -0.2) is 48.2 Å². The molecule has 0 aliphatic carbocycles. The average molecular weight is 356 g/mol. The number of carbonyl (C=O) groups excluding carboxylic acids is 1. The van der Waals surface area contributed by atoms with Gasteiger partial charge in [0.05, 0.1) is 11.8 Å². The molecule has 1 amide bonds. The SMILES string of the molecule is CCOCCCN(CC(C)C(=O)O)C(=O)C(C)c1cccc(Cl)c1. The number of hydrogen-bond donors (Lipinski definition) is 1. The molecule has 1 aromatic carbocycles. The fraction of sp³-hybridized carbons (Fsp3) is 0.556. The van der Waals surface area contributed by atoms with Gasteiger partial charge < -0.3 is 14.7 Å². The van der Waals surface area contributed by atoms with E-state index in [2.05, 4.69) is 0 Å². The van der Waals surface area contributed by atoms with Gasteiger partial charge >= 0.3 is 5.97 Å². The van der Waals surface area contributed by atoms with E-state index in [0.717, 1.165) is 5.56 Å². The summed E-state index contributed by atoms with van der Waals surface area (Å²) in [6.45, 7) is 7.17. The minimum absolute atomic E-state index is 0.0955. The fourth-order valence-corrected chi connectivity index (χ4v) is 2.59. The molecule has 0 aliphatic rings. The van der Waals surface area contributed by atoms with Gasteiger partial charge in [-0.25, -0.2) is 0 Å². The number of aliphatic carboxylic acids is 1.